The van der Waals surface area contributed by atoms with Gasteiger partial charge < -0.3 is 20.5 Å². The number of unbranched alkanes of at least 4 members (excludes halogenated alkanes) is 12. The van der Waals surface area contributed by atoms with Crippen LogP contribution in [0.25, 0.3) is 0 Å². The number of ether oxygens (including phenoxy) is 1. The van der Waals surface area contributed by atoms with Gasteiger partial charge >= 0.3 is 19.8 Å². The first-order chi connectivity index (χ1) is 16.8. The molecule has 0 aromatic carbocycles. The number of carbonyl (C=O) groups excluding carboxylic acids is 1. The Morgan fingerprint density at radius 2 is 1.37 bits per heavy atom. The minimum atomic E-state index is -4.40. The highest BCUT2D eigenvalue weighted by atomic mass is 31.2. The minimum Gasteiger partial charge on any atom is -0.480 e. The molecule has 0 fully saturated rings. The van der Waals surface area contributed by atoms with E-state index >= 15 is 0 Å². The molecule has 1 unspecified atom stereocenters. The Hall–Kier alpha value is -1.25. The molecule has 35 heavy (non-hydrogen) atoms. The molecule has 0 radical (unpaired) electrons. The maximum absolute atomic E-state index is 11.7. The fourth-order valence-corrected chi connectivity index (χ4v) is 4.07. The van der Waals surface area contributed by atoms with Gasteiger partial charge in [-0.05, 0) is 38.5 Å². The number of hydrogen-bond donors (Lipinski definition) is 3. The average molecular weight is 522 g/mol. The summed E-state index contributed by atoms with van der Waals surface area (Å²) in [5, 5.41) is 8.60. The Bertz CT molecular complexity index is 614. The van der Waals surface area contributed by atoms with E-state index in [0.717, 1.165) is 25.7 Å². The normalized spacial score (nSPS) is 14.1. The second-order valence-corrected chi connectivity index (χ2v) is 10.3. The molecule has 0 saturated heterocycles. The van der Waals surface area contributed by atoms with E-state index in [9.17, 15) is 19.0 Å². The third-order valence-corrected chi connectivity index (χ3v) is 6.42. The summed E-state index contributed by atoms with van der Waals surface area (Å²) >= 11 is 0. The molecule has 206 valence electrons. The zero-order chi connectivity index (χ0) is 26.2. The molecule has 0 aliphatic heterocycles. The van der Waals surface area contributed by atoms with Crippen molar-refractivity contribution in [1.82, 2.24) is 0 Å². The molecule has 0 amide bonds. The number of aliphatic carboxylic acids is 1. The van der Waals surface area contributed by atoms with Crippen LogP contribution in [0.5, 0.6) is 0 Å². The predicted molar refractivity (Wildman–Crippen MR) is 137 cm³/mol. The molecule has 9 nitrogen and oxygen atoms in total. The molecule has 0 aliphatic rings. The van der Waals surface area contributed by atoms with Gasteiger partial charge in [-0.3, -0.25) is 18.6 Å². The topological polar surface area (TPSA) is 145 Å². The molecule has 2 atom stereocenters. The fraction of sp³-hybridized carbons (Fsp3) is 0.840. The maximum Gasteiger partial charge on any atom is 0.472 e. The van der Waals surface area contributed by atoms with Gasteiger partial charge in [0.05, 0.1) is 19.8 Å². The molecular weight excluding hydrogens is 473 g/mol. The van der Waals surface area contributed by atoms with Crippen LogP contribution in [-0.4, -0.2) is 47.8 Å². The van der Waals surface area contributed by atoms with Crippen molar-refractivity contribution in [1.29, 1.82) is 0 Å². The Balaban J connectivity index is 3.45. The largest absolute Gasteiger partial charge is 0.480 e. The van der Waals surface area contributed by atoms with Gasteiger partial charge in [0.2, 0.25) is 0 Å². The van der Waals surface area contributed by atoms with Crippen LogP contribution >= 0.6 is 7.82 Å². The summed E-state index contributed by atoms with van der Waals surface area (Å²) in [4.78, 5) is 31.7. The van der Waals surface area contributed by atoms with Crippen molar-refractivity contribution < 1.29 is 37.9 Å². The Labute approximate surface area is 211 Å². The minimum absolute atomic E-state index is 0.0566. The molecule has 0 bridgehead atoms. The first-order valence-electron chi connectivity index (χ1n) is 13.2. The summed E-state index contributed by atoms with van der Waals surface area (Å²) in [7, 11) is -4.40. The molecule has 4 N–H and O–H groups in total. The van der Waals surface area contributed by atoms with Crippen molar-refractivity contribution in [3.05, 3.63) is 12.2 Å². The highest BCUT2D eigenvalue weighted by molar-refractivity contribution is 7.47. The van der Waals surface area contributed by atoms with Gasteiger partial charge in [0.15, 0.2) is 0 Å². The highest BCUT2D eigenvalue weighted by Crippen LogP contribution is 2.43. The molecule has 10 heteroatoms. The quantitative estimate of drug-likeness (QED) is 0.0579. The lowest BCUT2D eigenvalue weighted by Crippen LogP contribution is -2.34. The van der Waals surface area contributed by atoms with Crippen LogP contribution in [0.4, 0.5) is 0 Å². The zero-order valence-corrected chi connectivity index (χ0v) is 22.4. The van der Waals surface area contributed by atoms with Gasteiger partial charge in [-0.2, -0.15) is 0 Å². The first kappa shape index (κ1) is 33.8. The van der Waals surface area contributed by atoms with Crippen molar-refractivity contribution in [3.63, 3.8) is 0 Å². The third kappa shape index (κ3) is 24.2. The standard InChI is InChI=1S/C25H48NO8P/c1-2-3-4-5-6-7-8-9-10-11-12-13-14-15-16-17-20-32-24(27)19-18-21-33-35(30,31)34-22-23(26)25(28)29/h9-10,23H,2-8,11-22,26H2,1H3,(H,28,29)(H,30,31)/b10-9-/t23-/m0/s1. The van der Waals surface area contributed by atoms with E-state index in [1.165, 1.54) is 64.2 Å². The van der Waals surface area contributed by atoms with Crippen molar-refractivity contribution in [3.8, 4) is 0 Å². The molecule has 0 aliphatic carbocycles. The van der Waals surface area contributed by atoms with E-state index in [0.29, 0.717) is 6.61 Å². The monoisotopic (exact) mass is 521 g/mol. The van der Waals surface area contributed by atoms with Crippen molar-refractivity contribution in [2.75, 3.05) is 19.8 Å². The zero-order valence-electron chi connectivity index (χ0n) is 21.5. The van der Waals surface area contributed by atoms with Crippen LogP contribution in [0, 0.1) is 0 Å². The molecule has 0 rings (SSSR count). The van der Waals surface area contributed by atoms with Crippen molar-refractivity contribution in [2.45, 2.75) is 116 Å². The van der Waals surface area contributed by atoms with Crippen LogP contribution in [0.1, 0.15) is 110 Å². The summed E-state index contributed by atoms with van der Waals surface area (Å²) in [5.41, 5.74) is 5.18. The van der Waals surface area contributed by atoms with Crippen LogP contribution in [0.15, 0.2) is 12.2 Å². The van der Waals surface area contributed by atoms with Crippen LogP contribution < -0.4 is 5.73 Å². The second-order valence-electron chi connectivity index (χ2n) is 8.80. The van der Waals surface area contributed by atoms with Gasteiger partial charge in [0.25, 0.3) is 0 Å². The Morgan fingerprint density at radius 3 is 1.94 bits per heavy atom. The number of allylic oxidation sites excluding steroid dienone is 2. The summed E-state index contributed by atoms with van der Waals surface area (Å²) in [5.74, 6) is -1.74. The second kappa shape index (κ2) is 23.2. The van der Waals surface area contributed by atoms with Gasteiger partial charge in [-0.1, -0.05) is 76.9 Å². The van der Waals surface area contributed by atoms with E-state index in [-0.39, 0.29) is 25.4 Å². The molecule has 0 heterocycles. The Kier molecular flexibility index (Phi) is 22.3. The number of carboxylic acid groups (broad SMARTS) is 1. The number of carbonyl (C=O) groups is 2. The molecular formula is C25H48NO8P. The lowest BCUT2D eigenvalue weighted by Gasteiger charge is -2.13. The first-order valence-corrected chi connectivity index (χ1v) is 14.7. The van der Waals surface area contributed by atoms with Gasteiger partial charge in [0, 0.05) is 6.42 Å². The van der Waals surface area contributed by atoms with Crippen molar-refractivity contribution in [2.24, 2.45) is 5.73 Å². The van der Waals surface area contributed by atoms with Gasteiger partial charge in [-0.25, -0.2) is 4.57 Å². The highest BCUT2D eigenvalue weighted by Gasteiger charge is 2.24. The average Bonchev–Trinajstić information content (AvgIpc) is 2.82. The van der Waals surface area contributed by atoms with E-state index in [2.05, 4.69) is 28.1 Å². The maximum atomic E-state index is 11.7. The summed E-state index contributed by atoms with van der Waals surface area (Å²) in [6.45, 7) is 1.77. The number of nitrogens with two attached hydrogens (primary N) is 1. The van der Waals surface area contributed by atoms with Gasteiger partial charge in [-0.15, -0.1) is 0 Å². The molecule has 0 spiro atoms. The Morgan fingerprint density at radius 1 is 0.829 bits per heavy atom. The predicted octanol–water partition coefficient (Wildman–Crippen LogP) is 5.89. The summed E-state index contributed by atoms with van der Waals surface area (Å²) < 4.78 is 25.9. The van der Waals surface area contributed by atoms with Crippen LogP contribution in [0.2, 0.25) is 0 Å². The molecule has 0 saturated carbocycles. The molecule has 0 aromatic heterocycles. The number of phosphoric ester groups is 1. The number of carboxylic acids is 1. The van der Waals surface area contributed by atoms with Crippen LogP contribution in [0.3, 0.4) is 0 Å². The number of esters is 1. The van der Waals surface area contributed by atoms with E-state index < -0.39 is 26.4 Å². The summed E-state index contributed by atoms with van der Waals surface area (Å²) in [6.07, 6.45) is 21.9. The van der Waals surface area contributed by atoms with E-state index in [1.807, 2.05) is 0 Å². The lowest BCUT2D eigenvalue weighted by atomic mass is 10.1. The molecule has 0 aromatic rings. The number of rotatable bonds is 25. The van der Waals surface area contributed by atoms with Crippen molar-refractivity contribution >= 4 is 19.8 Å². The summed E-state index contributed by atoms with van der Waals surface area (Å²) in [6, 6.07) is -1.42. The van der Waals surface area contributed by atoms with Crippen LogP contribution in [-0.2, 0) is 27.9 Å². The number of phosphoric acid groups is 1. The SMILES string of the molecule is CCCCCCCC/C=C\CCCCCCCCOC(=O)CCCOP(=O)(O)OC[C@H](N)C(=O)O. The lowest BCUT2D eigenvalue weighted by molar-refractivity contribution is -0.144. The number of hydrogen-bond acceptors (Lipinski definition) is 7. The fourth-order valence-electron chi connectivity index (χ4n) is 3.29. The van der Waals surface area contributed by atoms with Gasteiger partial charge in [0.1, 0.15) is 6.04 Å². The smallest absolute Gasteiger partial charge is 0.472 e. The third-order valence-electron chi connectivity index (χ3n) is 5.43. The van der Waals surface area contributed by atoms with E-state index in [1.54, 1.807) is 0 Å². The van der Waals surface area contributed by atoms with E-state index in [4.69, 9.17) is 15.6 Å².